The van der Waals surface area contributed by atoms with Gasteiger partial charge in [0.15, 0.2) is 0 Å². The van der Waals surface area contributed by atoms with Crippen LogP contribution in [0, 0.1) is 0 Å². The van der Waals surface area contributed by atoms with Crippen LogP contribution in [0.2, 0.25) is 0 Å². The largest absolute Gasteiger partial charge is 0.404 e. The van der Waals surface area contributed by atoms with Crippen molar-refractivity contribution < 1.29 is 0 Å². The Labute approximate surface area is 136 Å². The average Bonchev–Trinajstić information content (AvgIpc) is 2.99. The summed E-state index contributed by atoms with van der Waals surface area (Å²) in [6.45, 7) is 9.85. The van der Waals surface area contributed by atoms with Crippen molar-refractivity contribution in [3.63, 3.8) is 0 Å². The maximum atomic E-state index is 5.58. The van der Waals surface area contributed by atoms with Crippen LogP contribution in [0.15, 0.2) is 60.0 Å². The zero-order chi connectivity index (χ0) is 16.2. The van der Waals surface area contributed by atoms with Gasteiger partial charge in [0.05, 0.1) is 5.52 Å². The Morgan fingerprint density at radius 3 is 2.78 bits per heavy atom. The molecule has 0 aliphatic carbocycles. The van der Waals surface area contributed by atoms with Crippen LogP contribution >= 0.6 is 0 Å². The summed E-state index contributed by atoms with van der Waals surface area (Å²) in [6.07, 6.45) is 5.34. The Morgan fingerprint density at radius 1 is 1.30 bits per heavy atom. The van der Waals surface area contributed by atoms with E-state index in [2.05, 4.69) is 50.6 Å². The SMILES string of the molecule is C=C(C)N=C(/C=C\N)n1ccc2c(N3CCNCC3)cccc21. The Kier molecular flexibility index (Phi) is 4.48. The first-order valence-electron chi connectivity index (χ1n) is 7.89. The molecular weight excluding hydrogens is 286 g/mol. The predicted octanol–water partition coefficient (Wildman–Crippen LogP) is 2.30. The summed E-state index contributed by atoms with van der Waals surface area (Å²) in [4.78, 5) is 6.92. The van der Waals surface area contributed by atoms with Gasteiger partial charge >= 0.3 is 0 Å². The minimum absolute atomic E-state index is 0.748. The minimum Gasteiger partial charge on any atom is -0.404 e. The molecule has 0 amide bonds. The summed E-state index contributed by atoms with van der Waals surface area (Å²) in [5.74, 6) is 0.771. The van der Waals surface area contributed by atoms with Gasteiger partial charge in [-0.25, -0.2) is 4.99 Å². The van der Waals surface area contributed by atoms with Crippen LogP contribution in [0.1, 0.15) is 6.92 Å². The average molecular weight is 309 g/mol. The highest BCUT2D eigenvalue weighted by molar-refractivity contribution is 6.04. The van der Waals surface area contributed by atoms with E-state index in [1.165, 1.54) is 17.3 Å². The standard InChI is InChI=1S/C18H23N5/c1-14(2)21-18(6-8-19)23-11-7-15-16(4-3-5-17(15)23)22-12-9-20-10-13-22/h3-8,11,20H,1,9-10,12-13,19H2,2H3/b8-6-,21-18?. The predicted molar refractivity (Wildman–Crippen MR) is 98.0 cm³/mol. The molecule has 3 N–H and O–H groups in total. The molecule has 23 heavy (non-hydrogen) atoms. The number of benzene rings is 1. The van der Waals surface area contributed by atoms with Gasteiger partial charge in [0.2, 0.25) is 0 Å². The zero-order valence-corrected chi connectivity index (χ0v) is 13.5. The molecule has 1 aromatic heterocycles. The highest BCUT2D eigenvalue weighted by Crippen LogP contribution is 2.28. The number of nitrogens with one attached hydrogen (secondary N) is 1. The number of rotatable bonds is 3. The number of fused-ring (bicyclic) bond motifs is 1. The molecule has 5 nitrogen and oxygen atoms in total. The number of piperazine rings is 1. The van der Waals surface area contributed by atoms with Gasteiger partial charge in [-0.15, -0.1) is 0 Å². The van der Waals surface area contributed by atoms with Gasteiger partial charge in [0.25, 0.3) is 0 Å². The van der Waals surface area contributed by atoms with Crippen molar-refractivity contribution in [3.8, 4) is 0 Å². The van der Waals surface area contributed by atoms with E-state index in [0.29, 0.717) is 0 Å². The van der Waals surface area contributed by atoms with Crippen LogP contribution < -0.4 is 16.0 Å². The van der Waals surface area contributed by atoms with Gasteiger partial charge in [-0.05, 0) is 37.4 Å². The molecule has 2 heterocycles. The van der Waals surface area contributed by atoms with Gasteiger partial charge < -0.3 is 20.5 Å². The molecular formula is C18H23N5. The molecule has 0 bridgehead atoms. The van der Waals surface area contributed by atoms with Crippen LogP contribution in [0.25, 0.3) is 10.9 Å². The summed E-state index contributed by atoms with van der Waals surface area (Å²) in [5.41, 5.74) is 8.73. The molecule has 0 spiro atoms. The molecule has 0 unspecified atom stereocenters. The van der Waals surface area contributed by atoms with E-state index in [0.717, 1.165) is 43.2 Å². The number of anilines is 1. The third-order valence-electron chi connectivity index (χ3n) is 3.97. The lowest BCUT2D eigenvalue weighted by Gasteiger charge is -2.30. The molecule has 1 aliphatic heterocycles. The summed E-state index contributed by atoms with van der Waals surface area (Å²) >= 11 is 0. The van der Waals surface area contributed by atoms with Crippen molar-refractivity contribution in [2.24, 2.45) is 10.7 Å². The van der Waals surface area contributed by atoms with E-state index in [9.17, 15) is 0 Å². The lowest BCUT2D eigenvalue weighted by Crippen LogP contribution is -2.43. The molecule has 2 aromatic rings. The highest BCUT2D eigenvalue weighted by atomic mass is 15.2. The second-order valence-corrected chi connectivity index (χ2v) is 5.70. The molecule has 120 valence electrons. The summed E-state index contributed by atoms with van der Waals surface area (Å²) in [7, 11) is 0. The zero-order valence-electron chi connectivity index (χ0n) is 13.5. The molecule has 0 saturated carbocycles. The fourth-order valence-corrected chi connectivity index (χ4v) is 2.99. The summed E-state index contributed by atoms with van der Waals surface area (Å²) < 4.78 is 2.05. The van der Waals surface area contributed by atoms with Crippen molar-refractivity contribution in [2.45, 2.75) is 6.92 Å². The van der Waals surface area contributed by atoms with Crippen LogP contribution in [-0.2, 0) is 0 Å². The van der Waals surface area contributed by atoms with E-state index >= 15 is 0 Å². The summed E-state index contributed by atoms with van der Waals surface area (Å²) in [5, 5.41) is 4.63. The molecule has 1 fully saturated rings. The number of nitrogens with zero attached hydrogens (tertiary/aromatic N) is 3. The second kappa shape index (κ2) is 6.71. The Morgan fingerprint density at radius 2 is 2.09 bits per heavy atom. The fraction of sp³-hybridized carbons (Fsp3) is 0.278. The van der Waals surface area contributed by atoms with E-state index in [1.807, 2.05) is 13.1 Å². The van der Waals surface area contributed by atoms with Gasteiger partial charge in [0.1, 0.15) is 5.84 Å². The summed E-state index contributed by atoms with van der Waals surface area (Å²) in [6, 6.07) is 8.54. The molecule has 3 rings (SSSR count). The monoisotopic (exact) mass is 309 g/mol. The maximum absolute atomic E-state index is 5.58. The molecule has 5 heteroatoms. The molecule has 1 saturated heterocycles. The lowest BCUT2D eigenvalue weighted by atomic mass is 10.2. The third-order valence-corrected chi connectivity index (χ3v) is 3.97. The number of hydrogen-bond donors (Lipinski definition) is 2. The highest BCUT2D eigenvalue weighted by Gasteiger charge is 2.15. The fourth-order valence-electron chi connectivity index (χ4n) is 2.99. The molecule has 0 radical (unpaired) electrons. The molecule has 1 aliphatic rings. The maximum Gasteiger partial charge on any atom is 0.138 e. The Balaban J connectivity index is 2.09. The van der Waals surface area contributed by atoms with Gasteiger partial charge in [-0.2, -0.15) is 0 Å². The van der Waals surface area contributed by atoms with Gasteiger partial charge in [-0.1, -0.05) is 12.6 Å². The number of hydrogen-bond acceptors (Lipinski definition) is 4. The van der Waals surface area contributed by atoms with Crippen molar-refractivity contribution in [1.29, 1.82) is 0 Å². The third kappa shape index (κ3) is 3.14. The molecule has 0 atom stereocenters. The van der Waals surface area contributed by atoms with Gasteiger partial charge in [-0.3, -0.25) is 0 Å². The van der Waals surface area contributed by atoms with E-state index in [4.69, 9.17) is 5.73 Å². The van der Waals surface area contributed by atoms with Crippen LogP contribution in [0.4, 0.5) is 5.69 Å². The molecule has 1 aromatic carbocycles. The van der Waals surface area contributed by atoms with Crippen molar-refractivity contribution in [1.82, 2.24) is 9.88 Å². The topological polar surface area (TPSA) is 58.6 Å². The van der Waals surface area contributed by atoms with Crippen LogP contribution in [-0.4, -0.2) is 36.6 Å². The Hall–Kier alpha value is -2.53. The number of aliphatic imine (C=N–C) groups is 1. The van der Waals surface area contributed by atoms with Crippen molar-refractivity contribution in [2.75, 3.05) is 31.1 Å². The van der Waals surface area contributed by atoms with E-state index in [1.54, 1.807) is 6.08 Å². The minimum atomic E-state index is 0.748. The first-order chi connectivity index (χ1) is 11.2. The van der Waals surface area contributed by atoms with E-state index < -0.39 is 0 Å². The van der Waals surface area contributed by atoms with Crippen molar-refractivity contribution >= 4 is 22.4 Å². The van der Waals surface area contributed by atoms with Crippen LogP contribution in [0.3, 0.4) is 0 Å². The van der Waals surface area contributed by atoms with Crippen molar-refractivity contribution in [3.05, 3.63) is 55.0 Å². The number of allylic oxidation sites excluding steroid dienone is 2. The van der Waals surface area contributed by atoms with Crippen LogP contribution in [0.5, 0.6) is 0 Å². The Bertz CT molecular complexity index is 763. The second-order valence-electron chi connectivity index (χ2n) is 5.70. The smallest absolute Gasteiger partial charge is 0.138 e. The quantitative estimate of drug-likeness (QED) is 0.675. The number of aromatic nitrogens is 1. The normalized spacial score (nSPS) is 16.4. The first-order valence-corrected chi connectivity index (χ1v) is 7.89. The lowest BCUT2D eigenvalue weighted by molar-refractivity contribution is 0.590. The number of nitrogens with two attached hydrogens (primary N) is 1. The van der Waals surface area contributed by atoms with Gasteiger partial charge in [0, 0.05) is 49.1 Å². The van der Waals surface area contributed by atoms with E-state index in [-0.39, 0.29) is 0 Å². The first kappa shape index (κ1) is 15.4.